The Hall–Kier alpha value is -0.570. The van der Waals surface area contributed by atoms with E-state index < -0.39 is 0 Å². The number of benzene rings is 1. The highest BCUT2D eigenvalue weighted by Crippen LogP contribution is 2.22. The lowest BCUT2D eigenvalue weighted by atomic mass is 9.98. The molecule has 0 saturated carbocycles. The first-order chi connectivity index (χ1) is 8.29. The molecule has 0 N–H and O–H groups in total. The van der Waals surface area contributed by atoms with E-state index in [2.05, 4.69) is 11.1 Å². The van der Waals surface area contributed by atoms with Crippen LogP contribution in [0.25, 0.3) is 0 Å². The number of hydrogen-bond donors (Lipinski definition) is 0. The van der Waals surface area contributed by atoms with E-state index in [1.54, 1.807) is 11.3 Å². The van der Waals surface area contributed by atoms with Gasteiger partial charge in [-0.2, -0.15) is 0 Å². The number of alkyl halides is 1. The average Bonchev–Trinajstić information content (AvgIpc) is 2.84. The van der Waals surface area contributed by atoms with Crippen molar-refractivity contribution in [3.8, 4) is 0 Å². The number of thiazole rings is 1. The minimum Gasteiger partial charge on any atom is -0.250 e. The molecule has 1 atom stereocenters. The summed E-state index contributed by atoms with van der Waals surface area (Å²) in [5.74, 6) is 1.02. The van der Waals surface area contributed by atoms with Crippen molar-refractivity contribution < 1.29 is 0 Å². The van der Waals surface area contributed by atoms with Gasteiger partial charge in [-0.3, -0.25) is 0 Å². The van der Waals surface area contributed by atoms with E-state index in [9.17, 15) is 0 Å². The lowest BCUT2D eigenvalue weighted by Gasteiger charge is -2.13. The van der Waals surface area contributed by atoms with E-state index in [1.807, 2.05) is 29.8 Å². The molecule has 0 aliphatic carbocycles. The van der Waals surface area contributed by atoms with Crippen molar-refractivity contribution in [3.05, 3.63) is 51.4 Å². The van der Waals surface area contributed by atoms with Crippen molar-refractivity contribution in [2.24, 2.45) is 5.92 Å². The summed E-state index contributed by atoms with van der Waals surface area (Å²) < 4.78 is 0. The molecule has 1 nitrogen and oxygen atoms in total. The molecule has 1 aromatic carbocycles. The van der Waals surface area contributed by atoms with Crippen LogP contribution in [0.1, 0.15) is 10.6 Å². The smallest absolute Gasteiger partial charge is 0.0928 e. The Kier molecular flexibility index (Phi) is 4.84. The largest absolute Gasteiger partial charge is 0.250 e. The van der Waals surface area contributed by atoms with Gasteiger partial charge in [0, 0.05) is 28.9 Å². The van der Waals surface area contributed by atoms with Gasteiger partial charge in [0.1, 0.15) is 0 Å². The molecule has 0 radical (unpaired) electrons. The predicted octanol–water partition coefficient (Wildman–Crippen LogP) is 4.44. The van der Waals surface area contributed by atoms with Crippen LogP contribution in [-0.4, -0.2) is 10.9 Å². The summed E-state index contributed by atoms with van der Waals surface area (Å²) >= 11 is 13.9. The third kappa shape index (κ3) is 3.70. The van der Waals surface area contributed by atoms with Crippen LogP contribution in [0.4, 0.5) is 0 Å². The van der Waals surface area contributed by atoms with Crippen molar-refractivity contribution >= 4 is 34.5 Å². The number of nitrogens with zero attached hydrogens (tertiary/aromatic N) is 1. The first-order valence-corrected chi connectivity index (χ1v) is 7.26. The zero-order valence-electron chi connectivity index (χ0n) is 9.27. The summed E-state index contributed by atoms with van der Waals surface area (Å²) in [5.41, 5.74) is 1.16. The fraction of sp³-hybridized carbons (Fsp3) is 0.308. The molecule has 17 heavy (non-hydrogen) atoms. The highest BCUT2D eigenvalue weighted by atomic mass is 35.5. The van der Waals surface area contributed by atoms with Gasteiger partial charge in [0.25, 0.3) is 0 Å². The number of aromatic nitrogens is 1. The topological polar surface area (TPSA) is 12.9 Å². The Labute approximate surface area is 115 Å². The van der Waals surface area contributed by atoms with E-state index in [-0.39, 0.29) is 0 Å². The molecule has 0 bridgehead atoms. The fourth-order valence-electron chi connectivity index (χ4n) is 1.76. The molecule has 4 heteroatoms. The maximum Gasteiger partial charge on any atom is 0.0928 e. The number of hydrogen-bond acceptors (Lipinski definition) is 2. The molecule has 0 aliphatic rings. The third-order valence-electron chi connectivity index (χ3n) is 2.63. The molecule has 0 spiro atoms. The second-order valence-corrected chi connectivity index (χ2v) is 5.64. The molecule has 0 fully saturated rings. The second-order valence-electron chi connectivity index (χ2n) is 3.95. The summed E-state index contributed by atoms with van der Waals surface area (Å²) in [6.07, 6.45) is 3.66. The van der Waals surface area contributed by atoms with Gasteiger partial charge in [-0.25, -0.2) is 4.98 Å². The molecule has 0 saturated heterocycles. The predicted molar refractivity (Wildman–Crippen MR) is 75.2 cm³/mol. The van der Waals surface area contributed by atoms with Crippen molar-refractivity contribution in [1.29, 1.82) is 0 Å². The highest BCUT2D eigenvalue weighted by molar-refractivity contribution is 7.09. The molecule has 2 rings (SSSR count). The molecule has 90 valence electrons. The van der Waals surface area contributed by atoms with Gasteiger partial charge in [-0.1, -0.05) is 29.8 Å². The number of halogens is 2. The Bertz CT molecular complexity index is 456. The Morgan fingerprint density at radius 2 is 2.06 bits per heavy atom. The normalized spacial score (nSPS) is 12.6. The highest BCUT2D eigenvalue weighted by Gasteiger charge is 2.12. The van der Waals surface area contributed by atoms with E-state index in [0.717, 1.165) is 28.4 Å². The Morgan fingerprint density at radius 1 is 1.24 bits per heavy atom. The van der Waals surface area contributed by atoms with E-state index in [4.69, 9.17) is 23.2 Å². The minimum atomic E-state index is 0.391. The molecule has 2 aromatic rings. The van der Waals surface area contributed by atoms with Gasteiger partial charge < -0.3 is 0 Å². The zero-order chi connectivity index (χ0) is 12.1. The maximum absolute atomic E-state index is 6.15. The van der Waals surface area contributed by atoms with Crippen LogP contribution in [0.2, 0.25) is 5.02 Å². The summed E-state index contributed by atoms with van der Waals surface area (Å²) in [6, 6.07) is 7.94. The third-order valence-corrected chi connectivity index (χ3v) is 4.24. The van der Waals surface area contributed by atoms with Gasteiger partial charge in [0.05, 0.1) is 5.01 Å². The summed E-state index contributed by atoms with van der Waals surface area (Å²) in [5, 5.41) is 3.96. The molecule has 1 aromatic heterocycles. The van der Waals surface area contributed by atoms with Gasteiger partial charge in [-0.05, 0) is 24.0 Å². The van der Waals surface area contributed by atoms with Crippen LogP contribution in [0, 0.1) is 5.92 Å². The fourth-order valence-corrected chi connectivity index (χ4v) is 2.92. The van der Waals surface area contributed by atoms with Gasteiger partial charge in [0.15, 0.2) is 0 Å². The summed E-state index contributed by atoms with van der Waals surface area (Å²) in [6.45, 7) is 0. The van der Waals surface area contributed by atoms with Crippen LogP contribution in [0.5, 0.6) is 0 Å². The quantitative estimate of drug-likeness (QED) is 0.741. The SMILES string of the molecule is ClCC(Cc1nccs1)Cc1ccccc1Cl. The Balaban J connectivity index is 2.03. The van der Waals surface area contributed by atoms with Gasteiger partial charge >= 0.3 is 0 Å². The second kappa shape index (κ2) is 6.39. The lowest BCUT2D eigenvalue weighted by molar-refractivity contribution is 0.582. The summed E-state index contributed by atoms with van der Waals surface area (Å²) in [4.78, 5) is 4.29. The average molecular weight is 286 g/mol. The molecular formula is C13H13Cl2NS. The van der Waals surface area contributed by atoms with Gasteiger partial charge in [-0.15, -0.1) is 22.9 Å². The van der Waals surface area contributed by atoms with Crippen molar-refractivity contribution in [2.75, 3.05) is 5.88 Å². The van der Waals surface area contributed by atoms with Crippen LogP contribution in [0.15, 0.2) is 35.8 Å². The monoisotopic (exact) mass is 285 g/mol. The molecule has 0 aliphatic heterocycles. The van der Waals surface area contributed by atoms with Crippen LogP contribution in [0.3, 0.4) is 0 Å². The Morgan fingerprint density at radius 3 is 2.71 bits per heavy atom. The van der Waals surface area contributed by atoms with E-state index >= 15 is 0 Å². The van der Waals surface area contributed by atoms with Crippen LogP contribution < -0.4 is 0 Å². The van der Waals surface area contributed by atoms with Crippen molar-refractivity contribution in [3.63, 3.8) is 0 Å². The van der Waals surface area contributed by atoms with E-state index in [1.165, 1.54) is 0 Å². The molecule has 0 amide bonds. The van der Waals surface area contributed by atoms with Crippen molar-refractivity contribution in [2.45, 2.75) is 12.8 Å². The lowest BCUT2D eigenvalue weighted by Crippen LogP contribution is -2.10. The maximum atomic E-state index is 6.15. The van der Waals surface area contributed by atoms with Crippen LogP contribution >= 0.6 is 34.5 Å². The van der Waals surface area contributed by atoms with E-state index in [0.29, 0.717) is 11.8 Å². The molecule has 1 unspecified atom stereocenters. The van der Waals surface area contributed by atoms with Crippen molar-refractivity contribution in [1.82, 2.24) is 4.98 Å². The summed E-state index contributed by atoms with van der Waals surface area (Å²) in [7, 11) is 0. The minimum absolute atomic E-state index is 0.391. The first kappa shape index (κ1) is 12.9. The first-order valence-electron chi connectivity index (χ1n) is 5.47. The standard InChI is InChI=1S/C13H13Cl2NS/c14-9-10(8-13-16-5-6-17-13)7-11-3-1-2-4-12(11)15/h1-6,10H,7-9H2. The van der Waals surface area contributed by atoms with Gasteiger partial charge in [0.2, 0.25) is 0 Å². The van der Waals surface area contributed by atoms with Crippen LogP contribution in [-0.2, 0) is 12.8 Å². The molecule has 1 heterocycles. The number of rotatable bonds is 5. The zero-order valence-corrected chi connectivity index (χ0v) is 11.6. The molecular weight excluding hydrogens is 273 g/mol.